The summed E-state index contributed by atoms with van der Waals surface area (Å²) in [5, 5.41) is 11.1. The van der Waals surface area contributed by atoms with Gasteiger partial charge in [0.15, 0.2) is 0 Å². The zero-order chi connectivity index (χ0) is 12.8. The molecule has 1 amide bonds. The summed E-state index contributed by atoms with van der Waals surface area (Å²) in [5.74, 6) is -2.19. The van der Waals surface area contributed by atoms with Crippen molar-refractivity contribution in [3.05, 3.63) is 35.6 Å². The number of benzene rings is 1. The van der Waals surface area contributed by atoms with Crippen LogP contribution in [-0.4, -0.2) is 29.6 Å². The summed E-state index contributed by atoms with van der Waals surface area (Å²) in [6.07, 6.45) is 0.0127. The average Bonchev–Trinajstić information content (AvgIpc) is 2.27. The van der Waals surface area contributed by atoms with Crippen LogP contribution in [0.3, 0.4) is 0 Å². The molecule has 17 heavy (non-hydrogen) atoms. The number of rotatable bonds is 5. The van der Waals surface area contributed by atoms with Gasteiger partial charge in [0.25, 0.3) is 0 Å². The van der Waals surface area contributed by atoms with Crippen LogP contribution in [0, 0.1) is 5.82 Å². The van der Waals surface area contributed by atoms with E-state index in [1.165, 1.54) is 18.2 Å². The van der Waals surface area contributed by atoms with E-state index in [2.05, 4.69) is 5.32 Å². The van der Waals surface area contributed by atoms with Crippen molar-refractivity contribution >= 4 is 11.9 Å². The van der Waals surface area contributed by atoms with Crippen LogP contribution in [0.4, 0.5) is 4.39 Å². The fraction of sp³-hybridized carbons (Fsp3) is 0.273. The molecule has 0 spiro atoms. The van der Waals surface area contributed by atoms with Gasteiger partial charge in [-0.1, -0.05) is 12.1 Å². The van der Waals surface area contributed by atoms with Gasteiger partial charge in [-0.15, -0.1) is 0 Å². The lowest BCUT2D eigenvalue weighted by molar-refractivity contribution is -0.141. The Kier molecular flexibility index (Phi) is 4.59. The first-order chi connectivity index (χ1) is 8.02. The van der Waals surface area contributed by atoms with Crippen LogP contribution in [-0.2, 0) is 16.0 Å². The lowest BCUT2D eigenvalue weighted by Gasteiger charge is -2.13. The smallest absolute Gasteiger partial charge is 0.326 e. The predicted octanol–water partition coefficient (Wildman–Crippen LogP) is -0.104. The third kappa shape index (κ3) is 4.20. The molecule has 5 nitrogen and oxygen atoms in total. The van der Waals surface area contributed by atoms with E-state index in [-0.39, 0.29) is 13.0 Å². The van der Waals surface area contributed by atoms with Crippen molar-refractivity contribution in [2.24, 2.45) is 5.73 Å². The van der Waals surface area contributed by atoms with Crippen LogP contribution < -0.4 is 11.1 Å². The number of nitrogens with two attached hydrogens (primary N) is 1. The molecule has 0 aliphatic rings. The topological polar surface area (TPSA) is 92.4 Å². The number of carboxylic acid groups (broad SMARTS) is 1. The molecule has 0 heterocycles. The van der Waals surface area contributed by atoms with Gasteiger partial charge in [0, 0.05) is 6.42 Å². The monoisotopic (exact) mass is 240 g/mol. The standard InChI is InChI=1S/C11H13FN2O3/c12-8-3-1-2-7(4-8)5-9(11(16)17)14-10(15)6-13/h1-4,9H,5-6,13H2,(H,14,15)(H,16,17)/t9-/m0/s1. The molecule has 0 aliphatic heterocycles. The number of aliphatic carboxylic acids is 1. The van der Waals surface area contributed by atoms with Crippen molar-refractivity contribution in [3.63, 3.8) is 0 Å². The Hall–Kier alpha value is -1.95. The van der Waals surface area contributed by atoms with E-state index in [1.54, 1.807) is 6.07 Å². The van der Waals surface area contributed by atoms with Crippen molar-refractivity contribution < 1.29 is 19.1 Å². The van der Waals surface area contributed by atoms with E-state index >= 15 is 0 Å². The zero-order valence-electron chi connectivity index (χ0n) is 9.02. The summed E-state index contributed by atoms with van der Waals surface area (Å²) >= 11 is 0. The van der Waals surface area contributed by atoms with Crippen LogP contribution in [0.25, 0.3) is 0 Å². The fourth-order valence-electron chi connectivity index (χ4n) is 1.35. The van der Waals surface area contributed by atoms with Gasteiger partial charge in [0.1, 0.15) is 11.9 Å². The molecule has 0 bridgehead atoms. The molecular weight excluding hydrogens is 227 g/mol. The quantitative estimate of drug-likeness (QED) is 0.670. The molecule has 92 valence electrons. The highest BCUT2D eigenvalue weighted by molar-refractivity contribution is 5.84. The van der Waals surface area contributed by atoms with Crippen LogP contribution in [0.5, 0.6) is 0 Å². The maximum atomic E-state index is 12.9. The number of carboxylic acids is 1. The van der Waals surface area contributed by atoms with Crippen molar-refractivity contribution in [3.8, 4) is 0 Å². The minimum absolute atomic E-state index is 0.0127. The van der Waals surface area contributed by atoms with Gasteiger partial charge < -0.3 is 16.2 Å². The van der Waals surface area contributed by atoms with Gasteiger partial charge in [0.2, 0.25) is 5.91 Å². The molecule has 1 atom stereocenters. The maximum absolute atomic E-state index is 12.9. The normalized spacial score (nSPS) is 11.9. The van der Waals surface area contributed by atoms with Gasteiger partial charge in [-0.25, -0.2) is 9.18 Å². The highest BCUT2D eigenvalue weighted by atomic mass is 19.1. The van der Waals surface area contributed by atoms with E-state index in [0.29, 0.717) is 5.56 Å². The minimum Gasteiger partial charge on any atom is -0.480 e. The third-order valence-corrected chi connectivity index (χ3v) is 2.15. The highest BCUT2D eigenvalue weighted by Crippen LogP contribution is 2.06. The van der Waals surface area contributed by atoms with E-state index in [1.807, 2.05) is 0 Å². The number of nitrogens with one attached hydrogen (secondary N) is 1. The predicted molar refractivity (Wildman–Crippen MR) is 58.7 cm³/mol. The number of amides is 1. The second-order valence-corrected chi connectivity index (χ2v) is 3.50. The molecule has 4 N–H and O–H groups in total. The molecule has 0 radical (unpaired) electrons. The van der Waals surface area contributed by atoms with E-state index in [9.17, 15) is 14.0 Å². The molecule has 0 aliphatic carbocycles. The Bertz CT molecular complexity index is 423. The molecule has 0 unspecified atom stereocenters. The fourth-order valence-corrected chi connectivity index (χ4v) is 1.35. The number of halogens is 1. The van der Waals surface area contributed by atoms with Crippen LogP contribution in [0.2, 0.25) is 0 Å². The molecule has 0 fully saturated rings. The average molecular weight is 240 g/mol. The first kappa shape index (κ1) is 13.1. The number of hydrogen-bond acceptors (Lipinski definition) is 3. The van der Waals surface area contributed by atoms with E-state index in [4.69, 9.17) is 10.8 Å². The van der Waals surface area contributed by atoms with Gasteiger partial charge in [0.05, 0.1) is 6.54 Å². The van der Waals surface area contributed by atoms with Gasteiger partial charge in [-0.05, 0) is 17.7 Å². The SMILES string of the molecule is NCC(=O)N[C@@H](Cc1cccc(F)c1)C(=O)O. The summed E-state index contributed by atoms with van der Waals surface area (Å²) < 4.78 is 12.9. The second-order valence-electron chi connectivity index (χ2n) is 3.50. The molecule has 1 aromatic carbocycles. The van der Waals surface area contributed by atoms with Gasteiger partial charge >= 0.3 is 5.97 Å². The number of hydrogen-bond donors (Lipinski definition) is 3. The maximum Gasteiger partial charge on any atom is 0.326 e. The molecule has 0 saturated heterocycles. The van der Waals surface area contributed by atoms with Crippen molar-refractivity contribution in [1.29, 1.82) is 0 Å². The van der Waals surface area contributed by atoms with Gasteiger partial charge in [-0.3, -0.25) is 4.79 Å². The third-order valence-electron chi connectivity index (χ3n) is 2.15. The molecule has 1 rings (SSSR count). The van der Waals surface area contributed by atoms with E-state index < -0.39 is 23.7 Å². The second kappa shape index (κ2) is 5.95. The Morgan fingerprint density at radius 3 is 2.71 bits per heavy atom. The van der Waals surface area contributed by atoms with E-state index in [0.717, 1.165) is 0 Å². The summed E-state index contributed by atoms with van der Waals surface area (Å²) in [6.45, 7) is -0.285. The summed E-state index contributed by atoms with van der Waals surface area (Å²) in [5.41, 5.74) is 5.57. The lowest BCUT2D eigenvalue weighted by Crippen LogP contribution is -2.44. The van der Waals surface area contributed by atoms with Crippen LogP contribution in [0.15, 0.2) is 24.3 Å². The molecule has 6 heteroatoms. The van der Waals surface area contributed by atoms with Crippen molar-refractivity contribution in [2.45, 2.75) is 12.5 Å². The highest BCUT2D eigenvalue weighted by Gasteiger charge is 2.19. The first-order valence-electron chi connectivity index (χ1n) is 4.99. The minimum atomic E-state index is -1.18. The van der Waals surface area contributed by atoms with Crippen molar-refractivity contribution in [2.75, 3.05) is 6.54 Å². The largest absolute Gasteiger partial charge is 0.480 e. The summed E-state index contributed by atoms with van der Waals surface area (Å²) in [4.78, 5) is 21.9. The molecule has 0 saturated carbocycles. The van der Waals surface area contributed by atoms with Crippen LogP contribution in [0.1, 0.15) is 5.56 Å². The Labute approximate surface area is 97.4 Å². The molecule has 1 aromatic rings. The summed E-state index contributed by atoms with van der Waals surface area (Å²) in [7, 11) is 0. The van der Waals surface area contributed by atoms with Gasteiger partial charge in [-0.2, -0.15) is 0 Å². The Morgan fingerprint density at radius 1 is 1.47 bits per heavy atom. The van der Waals surface area contributed by atoms with Crippen LogP contribution >= 0.6 is 0 Å². The lowest BCUT2D eigenvalue weighted by atomic mass is 10.1. The first-order valence-corrected chi connectivity index (χ1v) is 4.99. The number of carbonyl (C=O) groups is 2. The molecule has 0 aromatic heterocycles. The zero-order valence-corrected chi connectivity index (χ0v) is 9.02. The number of carbonyl (C=O) groups excluding carboxylic acids is 1. The molecular formula is C11H13FN2O3. The van der Waals surface area contributed by atoms with Crippen molar-refractivity contribution in [1.82, 2.24) is 5.32 Å². The summed E-state index contributed by atoms with van der Waals surface area (Å²) in [6, 6.07) is 4.46. The Balaban J connectivity index is 2.73. The Morgan fingerprint density at radius 2 is 2.18 bits per heavy atom.